The van der Waals surface area contributed by atoms with Gasteiger partial charge in [0.25, 0.3) is 0 Å². The van der Waals surface area contributed by atoms with E-state index in [2.05, 4.69) is 10.6 Å². The molecule has 0 aliphatic rings. The largest absolute Gasteiger partial charge is 0.462 e. The fourth-order valence-electron chi connectivity index (χ4n) is 0.955. The first-order valence-corrected chi connectivity index (χ1v) is 5.81. The van der Waals surface area contributed by atoms with Crippen LogP contribution in [-0.2, 0) is 14.3 Å². The minimum absolute atomic E-state index is 0.0505. The molecule has 0 amide bonds. The van der Waals surface area contributed by atoms with Crippen LogP contribution in [-0.4, -0.2) is 21.8 Å². The molecular weight excluding hydrogens is 211 g/mol. The van der Waals surface area contributed by atoms with Crippen LogP contribution in [0, 0.1) is 19.3 Å². The molecule has 1 rings (SSSR count). The normalized spacial score (nSPS) is 10.7. The van der Waals surface area contributed by atoms with Crippen LogP contribution in [0.15, 0.2) is 29.2 Å². The van der Waals surface area contributed by atoms with Crippen LogP contribution in [0.2, 0.25) is 0 Å². The molecule has 0 aromatic heterocycles. The van der Waals surface area contributed by atoms with E-state index < -0.39 is 9.69 Å². The Kier molecular flexibility index (Phi) is 3.95. The number of terminal acetylenes is 1. The lowest BCUT2D eigenvalue weighted by molar-refractivity contribution is 0.402. The highest BCUT2D eigenvalue weighted by molar-refractivity contribution is 8.14. The Morgan fingerprint density at radius 1 is 1.40 bits per heavy atom. The Labute approximate surface area is 90.5 Å². The quantitative estimate of drug-likeness (QED) is 0.432. The molecule has 0 aliphatic carbocycles. The second-order valence-electron chi connectivity index (χ2n) is 2.97. The van der Waals surface area contributed by atoms with Gasteiger partial charge in [-0.1, -0.05) is 23.6 Å². The summed E-state index contributed by atoms with van der Waals surface area (Å²) in [6.45, 7) is 2.61. The maximum absolute atomic E-state index is 11.6. The molecule has 3 nitrogen and oxygen atoms in total. The van der Waals surface area contributed by atoms with Crippen LogP contribution in [0.3, 0.4) is 0 Å². The van der Waals surface area contributed by atoms with Crippen molar-refractivity contribution in [3.63, 3.8) is 0 Å². The van der Waals surface area contributed by atoms with Gasteiger partial charge < -0.3 is 4.65 Å². The van der Waals surface area contributed by atoms with Gasteiger partial charge in [-0.05, 0) is 19.1 Å². The van der Waals surface area contributed by atoms with Gasteiger partial charge in [-0.3, -0.25) is 0 Å². The average molecular weight is 221 g/mol. The van der Waals surface area contributed by atoms with E-state index in [1.165, 1.54) is 12.1 Å². The molecule has 0 bridgehead atoms. The number of aryl methyl sites for hydroxylation is 1. The minimum atomic E-state index is -3.49. The van der Waals surface area contributed by atoms with E-state index in [1.54, 1.807) is 12.1 Å². The van der Waals surface area contributed by atoms with Gasteiger partial charge in [0.1, 0.15) is 0 Å². The summed E-state index contributed by atoms with van der Waals surface area (Å²) in [7, 11) is -3.49. The summed E-state index contributed by atoms with van der Waals surface area (Å²) in [4.78, 5) is 0.199. The maximum Gasteiger partial charge on any atom is 0.462 e. The number of benzene rings is 1. The summed E-state index contributed by atoms with van der Waals surface area (Å²) in [5.74, 6) is 2.18. The fraction of sp³-hybridized carbons (Fsp3) is 0.200. The molecule has 5 heteroatoms. The summed E-state index contributed by atoms with van der Waals surface area (Å²) in [5, 5.41) is 0. The van der Waals surface area contributed by atoms with Crippen molar-refractivity contribution >= 4 is 16.4 Å². The summed E-state index contributed by atoms with van der Waals surface area (Å²) >= 11 is 0. The van der Waals surface area contributed by atoms with Gasteiger partial charge in [-0.25, -0.2) is 8.42 Å². The second kappa shape index (κ2) is 5.01. The molecule has 0 saturated carbocycles. The lowest BCUT2D eigenvalue weighted by Crippen LogP contribution is -2.14. The first-order chi connectivity index (χ1) is 7.06. The topological polar surface area (TPSA) is 43.4 Å². The third-order valence-electron chi connectivity index (χ3n) is 1.71. The number of rotatable bonds is 4. The summed E-state index contributed by atoms with van der Waals surface area (Å²) in [6, 6.07) is 6.50. The molecule has 0 N–H and O–H groups in total. The molecule has 0 fully saturated rings. The molecule has 0 spiro atoms. The number of hydrogen-bond donors (Lipinski definition) is 0. The van der Waals surface area contributed by atoms with E-state index in [-0.39, 0.29) is 11.5 Å². The lowest BCUT2D eigenvalue weighted by Gasteiger charge is -2.02. The molecular formula is C10H10BO3S. The predicted octanol–water partition coefficient (Wildman–Crippen LogP) is 0.953. The van der Waals surface area contributed by atoms with Gasteiger partial charge in [0.2, 0.25) is 0 Å². The Bertz CT molecular complexity index is 456. The van der Waals surface area contributed by atoms with Gasteiger partial charge >= 0.3 is 6.76 Å². The highest BCUT2D eigenvalue weighted by atomic mass is 32.2. The molecule has 15 heavy (non-hydrogen) atoms. The molecule has 1 aromatic rings. The van der Waals surface area contributed by atoms with Crippen LogP contribution in [0.5, 0.6) is 0 Å². The SMILES string of the molecule is C#CCO[B]S(=O)(=O)c1ccc(C)cc1. The first-order valence-electron chi connectivity index (χ1n) is 4.26. The Hall–Kier alpha value is -1.25. The first kappa shape index (κ1) is 11.8. The van der Waals surface area contributed by atoms with Crippen LogP contribution >= 0.6 is 0 Å². The van der Waals surface area contributed by atoms with Crippen molar-refractivity contribution in [2.24, 2.45) is 0 Å². The van der Waals surface area contributed by atoms with Crippen molar-refractivity contribution in [2.75, 3.05) is 6.61 Å². The van der Waals surface area contributed by atoms with Crippen LogP contribution < -0.4 is 0 Å². The second-order valence-corrected chi connectivity index (χ2v) is 4.72. The Morgan fingerprint density at radius 3 is 2.53 bits per heavy atom. The molecule has 0 heterocycles. The Morgan fingerprint density at radius 2 is 2.00 bits per heavy atom. The zero-order chi connectivity index (χ0) is 11.3. The van der Waals surface area contributed by atoms with Gasteiger partial charge in [-0.15, -0.1) is 6.42 Å². The van der Waals surface area contributed by atoms with Crippen molar-refractivity contribution in [3.05, 3.63) is 29.8 Å². The molecule has 1 radical (unpaired) electrons. The maximum atomic E-state index is 11.6. The summed E-state index contributed by atoms with van der Waals surface area (Å²) in [6.07, 6.45) is 4.93. The van der Waals surface area contributed by atoms with E-state index in [1.807, 2.05) is 6.92 Å². The van der Waals surface area contributed by atoms with Gasteiger partial charge in [0, 0.05) is 0 Å². The van der Waals surface area contributed by atoms with E-state index in [0.717, 1.165) is 12.3 Å². The van der Waals surface area contributed by atoms with E-state index in [0.29, 0.717) is 0 Å². The molecule has 0 unspecified atom stereocenters. The Balaban J connectivity index is 2.79. The molecule has 1 aromatic carbocycles. The van der Waals surface area contributed by atoms with Crippen molar-refractivity contribution in [1.29, 1.82) is 0 Å². The van der Waals surface area contributed by atoms with Gasteiger partial charge in [0.05, 0.1) is 11.5 Å². The van der Waals surface area contributed by atoms with E-state index in [9.17, 15) is 8.42 Å². The standard InChI is InChI=1S/C10H10BO3S/c1-3-8-14-11-15(12,13)10-6-4-9(2)5-7-10/h1,4-7H,8H2,2H3. The highest BCUT2D eigenvalue weighted by Crippen LogP contribution is 2.10. The average Bonchev–Trinajstić information content (AvgIpc) is 2.18. The van der Waals surface area contributed by atoms with E-state index in [4.69, 9.17) is 6.42 Å². The third-order valence-corrected chi connectivity index (χ3v) is 3.03. The van der Waals surface area contributed by atoms with Crippen LogP contribution in [0.4, 0.5) is 0 Å². The predicted molar refractivity (Wildman–Crippen MR) is 58.9 cm³/mol. The molecule has 77 valence electrons. The summed E-state index contributed by atoms with van der Waals surface area (Å²) in [5.41, 5.74) is 0.999. The van der Waals surface area contributed by atoms with E-state index >= 15 is 0 Å². The third kappa shape index (κ3) is 3.42. The van der Waals surface area contributed by atoms with Gasteiger partial charge in [0.15, 0.2) is 9.69 Å². The van der Waals surface area contributed by atoms with Gasteiger partial charge in [-0.2, -0.15) is 0 Å². The van der Waals surface area contributed by atoms with Crippen molar-refractivity contribution in [3.8, 4) is 12.3 Å². The minimum Gasteiger partial charge on any atom is -0.413 e. The number of hydrogen-bond acceptors (Lipinski definition) is 3. The molecule has 0 atom stereocenters. The smallest absolute Gasteiger partial charge is 0.413 e. The van der Waals surface area contributed by atoms with Crippen molar-refractivity contribution in [1.82, 2.24) is 0 Å². The molecule has 0 saturated heterocycles. The monoisotopic (exact) mass is 221 g/mol. The van der Waals surface area contributed by atoms with Crippen LogP contribution in [0.1, 0.15) is 5.56 Å². The van der Waals surface area contributed by atoms with Crippen molar-refractivity contribution in [2.45, 2.75) is 11.8 Å². The summed E-state index contributed by atoms with van der Waals surface area (Å²) < 4.78 is 27.8. The lowest BCUT2D eigenvalue weighted by atomic mass is 10.2. The van der Waals surface area contributed by atoms with Crippen molar-refractivity contribution < 1.29 is 13.1 Å². The zero-order valence-corrected chi connectivity index (χ0v) is 9.12. The highest BCUT2D eigenvalue weighted by Gasteiger charge is 2.17. The zero-order valence-electron chi connectivity index (χ0n) is 8.30. The fourth-order valence-corrected chi connectivity index (χ4v) is 1.83. The van der Waals surface area contributed by atoms with Crippen LogP contribution in [0.25, 0.3) is 0 Å². The molecule has 0 aliphatic heterocycles.